The van der Waals surface area contributed by atoms with Crippen molar-refractivity contribution in [3.63, 3.8) is 0 Å². The van der Waals surface area contributed by atoms with Gasteiger partial charge in [-0.05, 0) is 23.6 Å². The maximum absolute atomic E-state index is 11.8. The number of rotatable bonds is 7. The summed E-state index contributed by atoms with van der Waals surface area (Å²) >= 11 is 1.41. The number of methoxy groups -OCH3 is 3. The fraction of sp³-hybridized carbons (Fsp3) is 0.235. The van der Waals surface area contributed by atoms with Crippen LogP contribution in [0.1, 0.15) is 16.2 Å². The van der Waals surface area contributed by atoms with Crippen LogP contribution in [0.5, 0.6) is 17.2 Å². The first-order valence-corrected chi connectivity index (χ1v) is 8.42. The van der Waals surface area contributed by atoms with E-state index in [0.29, 0.717) is 28.4 Å². The van der Waals surface area contributed by atoms with Gasteiger partial charge in [0.25, 0.3) is 5.89 Å². The van der Waals surface area contributed by atoms with Gasteiger partial charge in [0.2, 0.25) is 11.6 Å². The fourth-order valence-corrected chi connectivity index (χ4v) is 2.85. The maximum Gasteiger partial charge on any atom is 0.339 e. The number of benzene rings is 1. The van der Waals surface area contributed by atoms with Crippen LogP contribution in [0.15, 0.2) is 33.4 Å². The Kier molecular flexibility index (Phi) is 5.37. The third kappa shape index (κ3) is 3.62. The fourth-order valence-electron chi connectivity index (χ4n) is 2.22. The molecular formula is C17H16N2O6S. The highest BCUT2D eigenvalue weighted by atomic mass is 32.1. The number of aromatic nitrogens is 2. The second-order valence-corrected chi connectivity index (χ2v) is 5.78. The van der Waals surface area contributed by atoms with Gasteiger partial charge in [-0.3, -0.25) is 0 Å². The molecule has 3 aromatic rings. The Morgan fingerprint density at radius 2 is 1.85 bits per heavy atom. The molecule has 0 amide bonds. The third-order valence-electron chi connectivity index (χ3n) is 3.46. The van der Waals surface area contributed by atoms with Crippen molar-refractivity contribution in [3.8, 4) is 28.7 Å². The van der Waals surface area contributed by atoms with E-state index in [4.69, 9.17) is 23.4 Å². The number of hydrogen-bond acceptors (Lipinski definition) is 9. The summed E-state index contributed by atoms with van der Waals surface area (Å²) in [7, 11) is 4.56. The van der Waals surface area contributed by atoms with Gasteiger partial charge in [-0.1, -0.05) is 0 Å². The van der Waals surface area contributed by atoms with E-state index in [2.05, 4.69) is 10.2 Å². The minimum atomic E-state index is -0.446. The maximum atomic E-state index is 11.8. The van der Waals surface area contributed by atoms with Crippen molar-refractivity contribution in [3.05, 3.63) is 40.4 Å². The molecule has 0 aliphatic heterocycles. The highest BCUT2D eigenvalue weighted by molar-refractivity contribution is 7.08. The monoisotopic (exact) mass is 376 g/mol. The molecule has 0 aliphatic rings. The molecule has 0 atom stereocenters. The minimum absolute atomic E-state index is 0.119. The average Bonchev–Trinajstić information content (AvgIpc) is 3.36. The highest BCUT2D eigenvalue weighted by Gasteiger charge is 2.18. The third-order valence-corrected chi connectivity index (χ3v) is 4.15. The summed E-state index contributed by atoms with van der Waals surface area (Å²) in [5.41, 5.74) is 1.07. The molecule has 3 rings (SSSR count). The van der Waals surface area contributed by atoms with Crippen molar-refractivity contribution in [2.75, 3.05) is 21.3 Å². The standard InChI is InChI=1S/C17H16N2O6S/c1-21-12-6-11(7-13(22-2)15(12)23-3)16-19-18-14(25-16)8-24-17(20)10-4-5-26-9-10/h4-7,9H,8H2,1-3H3. The molecule has 2 aromatic heterocycles. The second kappa shape index (κ2) is 7.87. The summed E-state index contributed by atoms with van der Waals surface area (Å²) in [6, 6.07) is 5.06. The van der Waals surface area contributed by atoms with Gasteiger partial charge in [0.05, 0.1) is 26.9 Å². The molecule has 0 saturated carbocycles. The first-order chi connectivity index (χ1) is 12.7. The molecule has 136 valence electrons. The van der Waals surface area contributed by atoms with E-state index in [9.17, 15) is 4.79 Å². The van der Waals surface area contributed by atoms with Crippen molar-refractivity contribution in [1.29, 1.82) is 0 Å². The summed E-state index contributed by atoms with van der Waals surface area (Å²) in [5.74, 6) is 1.36. The van der Waals surface area contributed by atoms with Gasteiger partial charge in [-0.25, -0.2) is 4.79 Å². The van der Waals surface area contributed by atoms with Gasteiger partial charge in [0, 0.05) is 10.9 Å². The summed E-state index contributed by atoms with van der Waals surface area (Å²) in [6.07, 6.45) is 0. The van der Waals surface area contributed by atoms with Crippen LogP contribution in [0.4, 0.5) is 0 Å². The number of esters is 1. The average molecular weight is 376 g/mol. The van der Waals surface area contributed by atoms with Gasteiger partial charge in [0.15, 0.2) is 18.1 Å². The molecule has 1 aromatic carbocycles. The number of ether oxygens (including phenoxy) is 4. The van der Waals surface area contributed by atoms with E-state index < -0.39 is 5.97 Å². The lowest BCUT2D eigenvalue weighted by Crippen LogP contribution is -2.03. The zero-order valence-electron chi connectivity index (χ0n) is 14.3. The first-order valence-electron chi connectivity index (χ1n) is 7.48. The zero-order chi connectivity index (χ0) is 18.5. The van der Waals surface area contributed by atoms with Crippen molar-refractivity contribution in [1.82, 2.24) is 10.2 Å². The van der Waals surface area contributed by atoms with Gasteiger partial charge >= 0.3 is 5.97 Å². The van der Waals surface area contributed by atoms with E-state index >= 15 is 0 Å². The van der Waals surface area contributed by atoms with Crippen LogP contribution in [0.25, 0.3) is 11.5 Å². The lowest BCUT2D eigenvalue weighted by molar-refractivity contribution is 0.0439. The van der Waals surface area contributed by atoms with Crippen molar-refractivity contribution < 1.29 is 28.2 Å². The van der Waals surface area contributed by atoms with Gasteiger partial charge < -0.3 is 23.4 Å². The van der Waals surface area contributed by atoms with E-state index in [1.807, 2.05) is 0 Å². The SMILES string of the molecule is COc1cc(-c2nnc(COC(=O)c3ccsc3)o2)cc(OC)c1OC. The molecule has 0 unspecified atom stereocenters. The van der Waals surface area contributed by atoms with Crippen LogP contribution >= 0.6 is 11.3 Å². The molecule has 0 aliphatic carbocycles. The second-order valence-electron chi connectivity index (χ2n) is 5.00. The van der Waals surface area contributed by atoms with Crippen LogP contribution in [0, 0.1) is 0 Å². The number of hydrogen-bond donors (Lipinski definition) is 0. The van der Waals surface area contributed by atoms with Crippen molar-refractivity contribution >= 4 is 17.3 Å². The summed E-state index contributed by atoms with van der Waals surface area (Å²) in [4.78, 5) is 11.8. The van der Waals surface area contributed by atoms with Gasteiger partial charge in [0.1, 0.15) is 0 Å². The topological polar surface area (TPSA) is 92.9 Å². The molecular weight excluding hydrogens is 360 g/mol. The zero-order valence-corrected chi connectivity index (χ0v) is 15.2. The molecule has 8 nitrogen and oxygen atoms in total. The Labute approximate surface area is 153 Å². The van der Waals surface area contributed by atoms with E-state index in [-0.39, 0.29) is 18.4 Å². The number of carbonyl (C=O) groups is 1. The lowest BCUT2D eigenvalue weighted by Gasteiger charge is -2.12. The van der Waals surface area contributed by atoms with Crippen LogP contribution in [-0.2, 0) is 11.3 Å². The predicted molar refractivity (Wildman–Crippen MR) is 92.8 cm³/mol. The molecule has 0 saturated heterocycles. The van der Waals surface area contributed by atoms with Crippen molar-refractivity contribution in [2.24, 2.45) is 0 Å². The van der Waals surface area contributed by atoms with Crippen LogP contribution in [0.2, 0.25) is 0 Å². The summed E-state index contributed by atoms with van der Waals surface area (Å²) < 4.78 is 26.6. The largest absolute Gasteiger partial charge is 0.493 e. The van der Waals surface area contributed by atoms with E-state index in [1.54, 1.807) is 29.0 Å². The number of thiophene rings is 1. The molecule has 0 spiro atoms. The Bertz CT molecular complexity index is 866. The Hall–Kier alpha value is -3.07. The van der Waals surface area contributed by atoms with E-state index in [1.165, 1.54) is 32.7 Å². The van der Waals surface area contributed by atoms with E-state index in [0.717, 1.165) is 0 Å². The van der Waals surface area contributed by atoms with Crippen LogP contribution in [-0.4, -0.2) is 37.5 Å². The smallest absolute Gasteiger partial charge is 0.339 e. The Morgan fingerprint density at radius 3 is 2.42 bits per heavy atom. The molecule has 0 radical (unpaired) electrons. The first kappa shape index (κ1) is 17.7. The molecule has 0 N–H and O–H groups in total. The van der Waals surface area contributed by atoms with Crippen LogP contribution < -0.4 is 14.2 Å². The quantitative estimate of drug-likeness (QED) is 0.581. The summed E-state index contributed by atoms with van der Waals surface area (Å²) in [6.45, 7) is -0.119. The van der Waals surface area contributed by atoms with Gasteiger partial charge in [-0.2, -0.15) is 11.3 Å². The number of carbonyl (C=O) groups excluding carboxylic acids is 1. The summed E-state index contributed by atoms with van der Waals surface area (Å²) in [5, 5.41) is 11.4. The Balaban J connectivity index is 1.78. The number of nitrogens with zero attached hydrogens (tertiary/aromatic N) is 2. The molecule has 26 heavy (non-hydrogen) atoms. The molecule has 0 fully saturated rings. The van der Waals surface area contributed by atoms with Crippen LogP contribution in [0.3, 0.4) is 0 Å². The van der Waals surface area contributed by atoms with Gasteiger partial charge in [-0.15, -0.1) is 10.2 Å². The molecule has 0 bridgehead atoms. The minimum Gasteiger partial charge on any atom is -0.493 e. The Morgan fingerprint density at radius 1 is 1.12 bits per heavy atom. The predicted octanol–water partition coefficient (Wildman–Crippen LogP) is 3.18. The normalized spacial score (nSPS) is 10.4. The molecule has 2 heterocycles. The highest BCUT2D eigenvalue weighted by Crippen LogP contribution is 2.40. The lowest BCUT2D eigenvalue weighted by atomic mass is 10.2. The molecule has 9 heteroatoms. The van der Waals surface area contributed by atoms with Crippen molar-refractivity contribution in [2.45, 2.75) is 6.61 Å².